The third-order valence-corrected chi connectivity index (χ3v) is 6.20. The van der Waals surface area contributed by atoms with Crippen molar-refractivity contribution >= 4 is 22.6 Å². The van der Waals surface area contributed by atoms with Crippen molar-refractivity contribution in [3.05, 3.63) is 58.4 Å². The predicted molar refractivity (Wildman–Crippen MR) is 130 cm³/mol. The molecule has 0 unspecified atom stereocenters. The number of rotatable bonds is 7. The normalized spacial score (nSPS) is 15.2. The lowest BCUT2D eigenvalue weighted by Gasteiger charge is -2.30. The number of hydrogen-bond acceptors (Lipinski definition) is 7. The van der Waals surface area contributed by atoms with E-state index in [1.807, 2.05) is 18.2 Å². The number of hydrogen-bond donors (Lipinski definition) is 2. The van der Waals surface area contributed by atoms with Gasteiger partial charge in [-0.15, -0.1) is 0 Å². The van der Waals surface area contributed by atoms with E-state index in [2.05, 4.69) is 15.2 Å². The lowest BCUT2D eigenvalue weighted by Crippen LogP contribution is -2.44. The van der Waals surface area contributed by atoms with Crippen LogP contribution in [0.1, 0.15) is 5.56 Å². The summed E-state index contributed by atoms with van der Waals surface area (Å²) in [6.07, 6.45) is 0. The van der Waals surface area contributed by atoms with Gasteiger partial charge in [0.05, 0.1) is 38.1 Å². The van der Waals surface area contributed by atoms with Crippen molar-refractivity contribution in [1.82, 2.24) is 14.8 Å². The van der Waals surface area contributed by atoms with Crippen LogP contribution in [0.2, 0.25) is 0 Å². The summed E-state index contributed by atoms with van der Waals surface area (Å²) in [5.41, 5.74) is 1.45. The Morgan fingerprint density at radius 2 is 1.91 bits per heavy atom. The molecule has 0 aliphatic carbocycles. The number of para-hydroxylation sites is 2. The van der Waals surface area contributed by atoms with Crippen LogP contribution in [0.5, 0.6) is 17.2 Å². The Kier molecular flexibility index (Phi) is 6.73. The zero-order valence-corrected chi connectivity index (χ0v) is 19.5. The number of benzene rings is 2. The maximum atomic E-state index is 13.4. The molecule has 35 heavy (non-hydrogen) atoms. The van der Waals surface area contributed by atoms with Crippen LogP contribution in [0.3, 0.4) is 0 Å². The molecule has 1 fully saturated rings. The summed E-state index contributed by atoms with van der Waals surface area (Å²) in [6, 6.07) is 12.3. The number of pyridine rings is 1. The van der Waals surface area contributed by atoms with Crippen molar-refractivity contribution in [2.75, 3.05) is 58.6 Å². The van der Waals surface area contributed by atoms with E-state index in [-0.39, 0.29) is 24.9 Å². The molecule has 10 nitrogen and oxygen atoms in total. The highest BCUT2D eigenvalue weighted by molar-refractivity contribution is 5.91. The number of carbonyl (C=O) groups is 1. The van der Waals surface area contributed by atoms with Gasteiger partial charge in [0.15, 0.2) is 11.5 Å². The Bertz CT molecular complexity index is 1270. The highest BCUT2D eigenvalue weighted by atomic mass is 16.7. The van der Waals surface area contributed by atoms with Gasteiger partial charge in [0.1, 0.15) is 5.75 Å². The van der Waals surface area contributed by atoms with Gasteiger partial charge >= 0.3 is 6.03 Å². The third kappa shape index (κ3) is 5.18. The number of carbonyl (C=O) groups excluding carboxylic acids is 1. The molecule has 2 aromatic carbocycles. The fourth-order valence-corrected chi connectivity index (χ4v) is 4.25. The molecule has 3 aromatic rings. The largest absolute Gasteiger partial charge is 0.495 e. The molecule has 5 rings (SSSR count). The number of morpholine rings is 1. The lowest BCUT2D eigenvalue weighted by molar-refractivity contribution is 0.0349. The molecule has 3 heterocycles. The van der Waals surface area contributed by atoms with Gasteiger partial charge < -0.3 is 34.1 Å². The van der Waals surface area contributed by atoms with Gasteiger partial charge in [-0.1, -0.05) is 12.1 Å². The van der Waals surface area contributed by atoms with Crippen LogP contribution in [-0.4, -0.2) is 74.1 Å². The molecule has 10 heteroatoms. The van der Waals surface area contributed by atoms with Crippen molar-refractivity contribution in [3.63, 3.8) is 0 Å². The van der Waals surface area contributed by atoms with Gasteiger partial charge in [0.2, 0.25) is 6.79 Å². The van der Waals surface area contributed by atoms with Gasteiger partial charge in [-0.3, -0.25) is 9.69 Å². The average Bonchev–Trinajstić information content (AvgIpc) is 3.33. The molecule has 184 valence electrons. The lowest BCUT2D eigenvalue weighted by atomic mass is 10.1. The van der Waals surface area contributed by atoms with E-state index in [9.17, 15) is 9.59 Å². The number of H-pyrrole nitrogens is 1. The molecule has 1 aromatic heterocycles. The van der Waals surface area contributed by atoms with Crippen LogP contribution < -0.4 is 25.1 Å². The number of fused-ring (bicyclic) bond motifs is 2. The highest BCUT2D eigenvalue weighted by Crippen LogP contribution is 2.35. The maximum absolute atomic E-state index is 13.4. The van der Waals surface area contributed by atoms with Crippen LogP contribution in [0.4, 0.5) is 10.5 Å². The molecule has 2 aliphatic rings. The number of ether oxygens (including phenoxy) is 4. The second-order valence-corrected chi connectivity index (χ2v) is 8.42. The molecule has 2 N–H and O–H groups in total. The van der Waals surface area contributed by atoms with E-state index in [4.69, 9.17) is 18.9 Å². The van der Waals surface area contributed by atoms with E-state index < -0.39 is 0 Å². The van der Waals surface area contributed by atoms with Gasteiger partial charge in [0.25, 0.3) is 5.56 Å². The number of nitrogens with zero attached hydrogens (tertiary/aromatic N) is 2. The van der Waals surface area contributed by atoms with Crippen LogP contribution in [0.25, 0.3) is 10.9 Å². The fraction of sp³-hybridized carbons (Fsp3) is 0.360. The summed E-state index contributed by atoms with van der Waals surface area (Å²) >= 11 is 0. The molecular formula is C25H28N4O6. The molecule has 0 atom stereocenters. The first-order chi connectivity index (χ1) is 17.1. The molecule has 0 spiro atoms. The first-order valence-electron chi connectivity index (χ1n) is 11.6. The number of aromatic amines is 1. The molecule has 2 amide bonds. The molecular weight excluding hydrogens is 452 g/mol. The molecule has 1 saturated heterocycles. The van der Waals surface area contributed by atoms with Gasteiger partial charge in [-0.05, 0) is 24.3 Å². The molecule has 0 saturated carbocycles. The summed E-state index contributed by atoms with van der Waals surface area (Å²) in [5.74, 6) is 1.80. The van der Waals surface area contributed by atoms with Crippen LogP contribution in [0, 0.1) is 0 Å². The molecule has 2 aliphatic heterocycles. The Labute approximate surface area is 202 Å². The van der Waals surface area contributed by atoms with Crippen molar-refractivity contribution in [1.29, 1.82) is 0 Å². The van der Waals surface area contributed by atoms with Crippen LogP contribution >= 0.6 is 0 Å². The summed E-state index contributed by atoms with van der Waals surface area (Å²) in [7, 11) is 1.56. The quantitative estimate of drug-likeness (QED) is 0.536. The minimum absolute atomic E-state index is 0.144. The summed E-state index contributed by atoms with van der Waals surface area (Å²) in [6.45, 7) is 4.39. The van der Waals surface area contributed by atoms with E-state index >= 15 is 0 Å². The van der Waals surface area contributed by atoms with Gasteiger partial charge in [-0.25, -0.2) is 4.79 Å². The molecule has 0 bridgehead atoms. The van der Waals surface area contributed by atoms with Gasteiger partial charge in [0, 0.05) is 43.2 Å². The number of nitrogens with one attached hydrogen (secondary N) is 2. The van der Waals surface area contributed by atoms with Crippen molar-refractivity contribution in [2.24, 2.45) is 0 Å². The number of aromatic nitrogens is 1. The zero-order valence-electron chi connectivity index (χ0n) is 19.5. The van der Waals surface area contributed by atoms with E-state index in [1.165, 1.54) is 0 Å². The Morgan fingerprint density at radius 1 is 1.14 bits per heavy atom. The Morgan fingerprint density at radius 3 is 2.71 bits per heavy atom. The smallest absolute Gasteiger partial charge is 0.322 e. The number of amides is 2. The Balaban J connectivity index is 1.40. The van der Waals surface area contributed by atoms with Gasteiger partial charge in [-0.2, -0.15) is 0 Å². The minimum atomic E-state index is -0.312. The number of urea groups is 1. The predicted octanol–water partition coefficient (Wildman–Crippen LogP) is 2.63. The van der Waals surface area contributed by atoms with Crippen molar-refractivity contribution < 1.29 is 23.7 Å². The highest BCUT2D eigenvalue weighted by Gasteiger charge is 2.21. The van der Waals surface area contributed by atoms with E-state index in [0.29, 0.717) is 60.3 Å². The summed E-state index contributed by atoms with van der Waals surface area (Å²) in [5, 5.41) is 3.74. The van der Waals surface area contributed by atoms with Crippen molar-refractivity contribution in [2.45, 2.75) is 6.54 Å². The minimum Gasteiger partial charge on any atom is -0.495 e. The van der Waals surface area contributed by atoms with Crippen molar-refractivity contribution in [3.8, 4) is 17.2 Å². The molecule has 0 radical (unpaired) electrons. The second-order valence-electron chi connectivity index (χ2n) is 8.42. The number of methoxy groups -OCH3 is 1. The van der Waals surface area contributed by atoms with Crippen LogP contribution in [-0.2, 0) is 11.3 Å². The zero-order chi connectivity index (χ0) is 24.2. The Hall–Kier alpha value is -3.76. The first-order valence-corrected chi connectivity index (χ1v) is 11.6. The summed E-state index contributed by atoms with van der Waals surface area (Å²) in [4.78, 5) is 33.1. The monoisotopic (exact) mass is 480 g/mol. The average molecular weight is 481 g/mol. The van der Waals surface area contributed by atoms with E-state index in [0.717, 1.165) is 18.5 Å². The van der Waals surface area contributed by atoms with E-state index in [1.54, 1.807) is 36.3 Å². The summed E-state index contributed by atoms with van der Waals surface area (Å²) < 4.78 is 21.7. The SMILES string of the molecule is COc1ccccc1NC(=O)N(CCN1CCOCC1)Cc1cc2cc3c(cc2[nH]c1=O)OCO3. The number of anilines is 1. The first kappa shape index (κ1) is 23.0. The topological polar surface area (TPSA) is 105 Å². The second kappa shape index (κ2) is 10.2. The maximum Gasteiger partial charge on any atom is 0.322 e. The fourth-order valence-electron chi connectivity index (χ4n) is 4.25. The third-order valence-electron chi connectivity index (χ3n) is 6.20. The standard InChI is InChI=1S/C25H28N4O6/c1-32-21-5-3-2-4-19(21)27-25(31)29(7-6-28-8-10-33-11-9-28)15-18-12-17-13-22-23(35-16-34-22)14-20(17)26-24(18)30/h2-5,12-14H,6-11,15-16H2,1H3,(H,26,30)(H,27,31). The van der Waals surface area contributed by atoms with Crippen LogP contribution in [0.15, 0.2) is 47.3 Å².